The minimum atomic E-state index is -3.13. The highest BCUT2D eigenvalue weighted by atomic mass is 35.5. The molecular formula is C13H28ClNO2S. The van der Waals surface area contributed by atoms with Crippen molar-refractivity contribution >= 4 is 21.6 Å². The smallest absolute Gasteiger partial charge is 0.211 e. The molecular weight excluding hydrogens is 270 g/mol. The molecule has 0 aromatic heterocycles. The van der Waals surface area contributed by atoms with Crippen LogP contribution in [0.5, 0.6) is 0 Å². The second kappa shape index (κ2) is 10.0. The van der Waals surface area contributed by atoms with Crippen LogP contribution in [0.2, 0.25) is 0 Å². The van der Waals surface area contributed by atoms with Crippen molar-refractivity contribution in [2.45, 2.75) is 52.9 Å². The summed E-state index contributed by atoms with van der Waals surface area (Å²) in [6, 6.07) is 0. The molecule has 0 aliphatic rings. The molecule has 0 saturated carbocycles. The van der Waals surface area contributed by atoms with Gasteiger partial charge in [-0.25, -0.2) is 13.1 Å². The van der Waals surface area contributed by atoms with Crippen LogP contribution in [0.3, 0.4) is 0 Å². The summed E-state index contributed by atoms with van der Waals surface area (Å²) in [6.45, 7) is 6.86. The van der Waals surface area contributed by atoms with E-state index in [2.05, 4.69) is 18.6 Å². The Morgan fingerprint density at radius 3 is 2.22 bits per heavy atom. The van der Waals surface area contributed by atoms with Gasteiger partial charge in [0.15, 0.2) is 0 Å². The highest BCUT2D eigenvalue weighted by molar-refractivity contribution is 7.89. The Morgan fingerprint density at radius 1 is 1.06 bits per heavy atom. The van der Waals surface area contributed by atoms with E-state index in [-0.39, 0.29) is 11.7 Å². The summed E-state index contributed by atoms with van der Waals surface area (Å²) in [5, 5.41) is 0. The van der Waals surface area contributed by atoms with Crippen molar-refractivity contribution in [3.63, 3.8) is 0 Å². The maximum atomic E-state index is 11.6. The van der Waals surface area contributed by atoms with E-state index in [0.717, 1.165) is 18.8 Å². The number of unbranched alkanes of at least 4 members (excludes halogenated alkanes) is 3. The lowest BCUT2D eigenvalue weighted by molar-refractivity contribution is 0.517. The third-order valence-corrected chi connectivity index (χ3v) is 4.98. The number of alkyl halides is 1. The Balaban J connectivity index is 3.53. The number of rotatable bonds is 11. The Bertz CT molecular complexity index is 291. The monoisotopic (exact) mass is 297 g/mol. The summed E-state index contributed by atoms with van der Waals surface area (Å²) in [4.78, 5) is 0. The van der Waals surface area contributed by atoms with Crippen LogP contribution in [0.25, 0.3) is 0 Å². The Morgan fingerprint density at radius 2 is 1.67 bits per heavy atom. The lowest BCUT2D eigenvalue weighted by Crippen LogP contribution is -2.30. The molecule has 3 nitrogen and oxygen atoms in total. The number of nitrogens with one attached hydrogen (secondary N) is 1. The van der Waals surface area contributed by atoms with E-state index in [4.69, 9.17) is 11.6 Å². The van der Waals surface area contributed by atoms with E-state index >= 15 is 0 Å². The second-order valence-electron chi connectivity index (χ2n) is 5.53. The summed E-state index contributed by atoms with van der Waals surface area (Å²) in [5.41, 5.74) is 0. The van der Waals surface area contributed by atoms with Gasteiger partial charge in [-0.15, -0.1) is 11.6 Å². The predicted molar refractivity (Wildman–Crippen MR) is 79.6 cm³/mol. The quantitative estimate of drug-likeness (QED) is 0.469. The summed E-state index contributed by atoms with van der Waals surface area (Å²) in [5.74, 6) is 1.29. The zero-order valence-corrected chi connectivity index (χ0v) is 13.5. The zero-order valence-electron chi connectivity index (χ0n) is 11.9. The van der Waals surface area contributed by atoms with E-state index in [9.17, 15) is 8.42 Å². The van der Waals surface area contributed by atoms with Crippen LogP contribution in [0.15, 0.2) is 0 Å². The van der Waals surface area contributed by atoms with Crippen LogP contribution in [-0.4, -0.2) is 26.6 Å². The van der Waals surface area contributed by atoms with Gasteiger partial charge in [-0.3, -0.25) is 0 Å². The normalized spacial score (nSPS) is 14.1. The summed E-state index contributed by atoms with van der Waals surface area (Å²) < 4.78 is 25.9. The molecule has 0 aromatic carbocycles. The van der Waals surface area contributed by atoms with Crippen molar-refractivity contribution < 1.29 is 8.42 Å². The minimum absolute atomic E-state index is 0.00945. The number of hydrogen-bond donors (Lipinski definition) is 1. The third kappa shape index (κ3) is 11.3. The second-order valence-corrected chi connectivity index (χ2v) is 7.69. The van der Waals surface area contributed by atoms with E-state index in [1.807, 2.05) is 6.92 Å². The van der Waals surface area contributed by atoms with Crippen molar-refractivity contribution in [1.82, 2.24) is 4.72 Å². The first-order valence-corrected chi connectivity index (χ1v) is 9.09. The maximum Gasteiger partial charge on any atom is 0.211 e. The molecule has 1 unspecified atom stereocenters. The van der Waals surface area contributed by atoms with Gasteiger partial charge in [0.1, 0.15) is 0 Å². The van der Waals surface area contributed by atoms with Gasteiger partial charge in [-0.05, 0) is 18.3 Å². The van der Waals surface area contributed by atoms with E-state index in [0.29, 0.717) is 12.4 Å². The zero-order chi connectivity index (χ0) is 14.0. The van der Waals surface area contributed by atoms with Gasteiger partial charge in [0.2, 0.25) is 10.0 Å². The lowest BCUT2D eigenvalue weighted by Gasteiger charge is -2.10. The van der Waals surface area contributed by atoms with Gasteiger partial charge >= 0.3 is 0 Å². The van der Waals surface area contributed by atoms with Crippen LogP contribution in [0.4, 0.5) is 0 Å². The van der Waals surface area contributed by atoms with Crippen molar-refractivity contribution in [2.75, 3.05) is 18.2 Å². The molecule has 18 heavy (non-hydrogen) atoms. The fraction of sp³-hybridized carbons (Fsp3) is 1.00. The first kappa shape index (κ1) is 18.2. The van der Waals surface area contributed by atoms with Gasteiger partial charge in [-0.2, -0.15) is 0 Å². The van der Waals surface area contributed by atoms with Crippen molar-refractivity contribution in [1.29, 1.82) is 0 Å². The average molecular weight is 298 g/mol. The van der Waals surface area contributed by atoms with Gasteiger partial charge in [0.25, 0.3) is 0 Å². The molecule has 110 valence electrons. The molecule has 0 radical (unpaired) electrons. The molecule has 1 N–H and O–H groups in total. The van der Waals surface area contributed by atoms with Crippen molar-refractivity contribution in [2.24, 2.45) is 11.8 Å². The SMILES string of the molecule is CC(C)CCCCCCNS(=O)(=O)CC(C)CCl. The largest absolute Gasteiger partial charge is 0.215 e. The summed E-state index contributed by atoms with van der Waals surface area (Å²) >= 11 is 5.61. The maximum absolute atomic E-state index is 11.6. The summed E-state index contributed by atoms with van der Waals surface area (Å²) in [6.07, 6.45) is 5.72. The molecule has 0 spiro atoms. The van der Waals surface area contributed by atoms with E-state index < -0.39 is 10.0 Å². The first-order valence-electron chi connectivity index (χ1n) is 6.90. The molecule has 0 amide bonds. The Labute approximate surface area is 118 Å². The highest BCUT2D eigenvalue weighted by Gasteiger charge is 2.13. The molecule has 0 heterocycles. The molecule has 0 rings (SSSR count). The van der Waals surface area contributed by atoms with Gasteiger partial charge in [-0.1, -0.05) is 46.5 Å². The van der Waals surface area contributed by atoms with Crippen molar-refractivity contribution in [3.05, 3.63) is 0 Å². The topological polar surface area (TPSA) is 46.2 Å². The van der Waals surface area contributed by atoms with Crippen molar-refractivity contribution in [3.8, 4) is 0 Å². The van der Waals surface area contributed by atoms with Crippen LogP contribution in [0, 0.1) is 11.8 Å². The lowest BCUT2D eigenvalue weighted by atomic mass is 10.0. The van der Waals surface area contributed by atoms with Crippen LogP contribution >= 0.6 is 11.6 Å². The van der Waals surface area contributed by atoms with Gasteiger partial charge < -0.3 is 0 Å². The minimum Gasteiger partial charge on any atom is -0.215 e. The van der Waals surface area contributed by atoms with Crippen LogP contribution in [-0.2, 0) is 10.0 Å². The molecule has 1 atom stereocenters. The standard InChI is InChI=1S/C13H28ClNO2S/c1-12(2)8-6-4-5-7-9-15-18(16,17)11-13(3)10-14/h12-13,15H,4-11H2,1-3H3. The molecule has 5 heteroatoms. The average Bonchev–Trinajstić information content (AvgIpc) is 2.26. The molecule has 0 aliphatic carbocycles. The molecule has 0 fully saturated rings. The Kier molecular flexibility index (Phi) is 10.2. The number of sulfonamides is 1. The molecule has 0 saturated heterocycles. The summed E-state index contributed by atoms with van der Waals surface area (Å²) in [7, 11) is -3.13. The fourth-order valence-electron chi connectivity index (χ4n) is 1.74. The van der Waals surface area contributed by atoms with Crippen LogP contribution < -0.4 is 4.72 Å². The Hall–Kier alpha value is 0.200. The molecule has 0 aliphatic heterocycles. The van der Waals surface area contributed by atoms with Crippen LogP contribution in [0.1, 0.15) is 52.9 Å². The molecule has 0 bridgehead atoms. The van der Waals surface area contributed by atoms with Gasteiger partial charge in [0, 0.05) is 12.4 Å². The van der Waals surface area contributed by atoms with Gasteiger partial charge in [0.05, 0.1) is 5.75 Å². The molecule has 0 aromatic rings. The first-order chi connectivity index (χ1) is 8.37. The van der Waals surface area contributed by atoms with E-state index in [1.165, 1.54) is 19.3 Å². The third-order valence-electron chi connectivity index (χ3n) is 2.80. The number of hydrogen-bond acceptors (Lipinski definition) is 2. The fourth-order valence-corrected chi connectivity index (χ4v) is 3.42. The number of halogens is 1. The highest BCUT2D eigenvalue weighted by Crippen LogP contribution is 2.09. The predicted octanol–water partition coefficient (Wildman–Crippen LogP) is 3.39. The van der Waals surface area contributed by atoms with E-state index in [1.54, 1.807) is 0 Å².